The van der Waals surface area contributed by atoms with Gasteiger partial charge in [-0.3, -0.25) is 24.2 Å². The van der Waals surface area contributed by atoms with Crippen molar-refractivity contribution < 1.29 is 43.5 Å². The number of ether oxygens (including phenoxy) is 4. The van der Waals surface area contributed by atoms with Gasteiger partial charge in [-0.2, -0.15) is 0 Å². The Morgan fingerprint density at radius 1 is 0.966 bits per heavy atom. The van der Waals surface area contributed by atoms with Crippen LogP contribution in [0.3, 0.4) is 0 Å². The number of nitrogens with zero attached hydrogens (tertiary/aromatic N) is 3. The molecular weight excluding hydrogens is 753 g/mol. The molecule has 6 heterocycles. The first-order chi connectivity index (χ1) is 28.2. The number of nitrogens with one attached hydrogen (secondary N) is 1. The van der Waals surface area contributed by atoms with E-state index < -0.39 is 57.7 Å². The quantitative estimate of drug-likeness (QED) is 0.135. The molecule has 6 aliphatic rings. The van der Waals surface area contributed by atoms with Crippen LogP contribution in [0, 0.1) is 11.3 Å². The normalized spacial score (nSPS) is 37.0. The summed E-state index contributed by atoms with van der Waals surface area (Å²) in [7, 11) is 4.92. The Morgan fingerprint density at radius 2 is 1.75 bits per heavy atom. The van der Waals surface area contributed by atoms with Crippen LogP contribution in [-0.2, 0) is 45.8 Å². The van der Waals surface area contributed by atoms with Crippen molar-refractivity contribution in [2.75, 3.05) is 58.9 Å². The van der Waals surface area contributed by atoms with E-state index >= 15 is 4.79 Å². The summed E-state index contributed by atoms with van der Waals surface area (Å²) in [5, 5.41) is 26.3. The van der Waals surface area contributed by atoms with Gasteiger partial charge >= 0.3 is 17.9 Å². The number of carbonyl (C=O) groups is 3. The Kier molecular flexibility index (Phi) is 9.36. The third kappa shape index (κ3) is 5.39. The van der Waals surface area contributed by atoms with E-state index in [1.807, 2.05) is 50.1 Å². The number of hydrogen-bond acceptors (Lipinski definition) is 12. The minimum atomic E-state index is -2.28. The maximum atomic E-state index is 15.3. The lowest BCUT2D eigenvalue weighted by atomic mass is 9.50. The average molecular weight is 811 g/mol. The molecule has 316 valence electrons. The van der Waals surface area contributed by atoms with Gasteiger partial charge in [0.15, 0.2) is 6.10 Å². The summed E-state index contributed by atoms with van der Waals surface area (Å²) in [5.41, 5.74) is 0.799. The molecule has 1 aromatic heterocycles. The summed E-state index contributed by atoms with van der Waals surface area (Å²) in [6.07, 6.45) is 6.06. The van der Waals surface area contributed by atoms with E-state index in [1.165, 1.54) is 21.0 Å². The second kappa shape index (κ2) is 13.8. The fourth-order valence-electron chi connectivity index (χ4n) is 13.4. The van der Waals surface area contributed by atoms with E-state index in [0.717, 1.165) is 33.4 Å². The third-order valence-electron chi connectivity index (χ3n) is 15.3. The zero-order chi connectivity index (χ0) is 41.9. The summed E-state index contributed by atoms with van der Waals surface area (Å²) in [5.74, 6) is -3.63. The van der Waals surface area contributed by atoms with Gasteiger partial charge in [-0.05, 0) is 74.2 Å². The molecule has 2 aromatic carbocycles. The summed E-state index contributed by atoms with van der Waals surface area (Å²) >= 11 is 0. The van der Waals surface area contributed by atoms with E-state index in [-0.39, 0.29) is 12.0 Å². The minimum absolute atomic E-state index is 0.0943. The number of para-hydroxylation sites is 1. The van der Waals surface area contributed by atoms with Crippen LogP contribution in [0.15, 0.2) is 48.6 Å². The number of fused-ring (bicyclic) bond motifs is 6. The van der Waals surface area contributed by atoms with Gasteiger partial charge in [0, 0.05) is 97.9 Å². The number of esters is 3. The molecule has 0 radical (unpaired) electrons. The second-order valence-electron chi connectivity index (χ2n) is 18.2. The molecule has 0 amide bonds. The number of H-pyrrole nitrogens is 1. The Hall–Kier alpha value is -4.43. The molecule has 10 atom stereocenters. The van der Waals surface area contributed by atoms with E-state index in [4.69, 9.17) is 18.9 Å². The minimum Gasteiger partial charge on any atom is -0.496 e. The standard InChI is InChI=1S/C46H58N4O9/c1-8-42(54)23-29-24-45(41(53)57-7,37-31(15-19-49(25-29)26-42)30-13-10-11-14-34(30)47-37)33-21-32-35(22-36(33)56-6)48(5)39-44(32)17-20-50-18-12-16-43(9-2,38(44)50)40(58-27(3)51)46(39,55)59-28(4)52/h10-14,16,21-22,29,38-40,47,54-55H,8-9,15,17-20,23-26H2,1-7H3/t29-,38-,39+,40+,42-,43+,44+,45-,46+/m0/s1. The molecule has 1 unspecified atom stereocenters. The number of benzene rings is 2. The number of aromatic amines is 1. The largest absolute Gasteiger partial charge is 0.496 e. The van der Waals surface area contributed by atoms with Crippen LogP contribution in [0.1, 0.15) is 82.2 Å². The van der Waals surface area contributed by atoms with Crippen molar-refractivity contribution in [3.8, 4) is 5.75 Å². The molecule has 2 saturated heterocycles. The zero-order valence-corrected chi connectivity index (χ0v) is 35.3. The Bertz CT molecular complexity index is 2260. The summed E-state index contributed by atoms with van der Waals surface area (Å²) in [4.78, 5) is 51.9. The molecule has 3 N–H and O–H groups in total. The molecule has 13 nitrogen and oxygen atoms in total. The van der Waals surface area contributed by atoms with Crippen molar-refractivity contribution in [1.82, 2.24) is 14.8 Å². The van der Waals surface area contributed by atoms with Gasteiger partial charge in [-0.15, -0.1) is 0 Å². The van der Waals surface area contributed by atoms with Gasteiger partial charge in [-0.25, -0.2) is 0 Å². The van der Waals surface area contributed by atoms with E-state index in [9.17, 15) is 19.8 Å². The molecule has 9 rings (SSSR count). The van der Waals surface area contributed by atoms with Gasteiger partial charge < -0.3 is 39.0 Å². The fraction of sp³-hybridized carbons (Fsp3) is 0.587. The second-order valence-corrected chi connectivity index (χ2v) is 18.2. The molecule has 1 spiro atoms. The number of piperidine rings is 1. The van der Waals surface area contributed by atoms with Crippen LogP contribution in [0.4, 0.5) is 5.69 Å². The van der Waals surface area contributed by atoms with Crippen molar-refractivity contribution in [3.05, 3.63) is 70.9 Å². The van der Waals surface area contributed by atoms with Gasteiger partial charge in [0.05, 0.1) is 19.8 Å². The van der Waals surface area contributed by atoms with Gasteiger partial charge in [0.1, 0.15) is 17.2 Å². The summed E-state index contributed by atoms with van der Waals surface area (Å²) in [6, 6.07) is 11.0. The highest BCUT2D eigenvalue weighted by atomic mass is 16.7. The first-order valence-corrected chi connectivity index (χ1v) is 21.3. The third-order valence-corrected chi connectivity index (χ3v) is 15.3. The lowest BCUT2D eigenvalue weighted by molar-refractivity contribution is -0.309. The molecule has 13 heteroatoms. The van der Waals surface area contributed by atoms with Crippen molar-refractivity contribution in [2.24, 2.45) is 11.3 Å². The molecule has 3 aromatic rings. The SMILES string of the molecule is CC[C@]1(O)C[C@@H]2CN(CCc3c([nH]c4ccccc34)[C@@](C(=O)OC)(c3cc4c(cc3OC)N(C)[C@H]3[C@@](O)(OC(C)=O)[C@H](OC(C)=O)[C@]5(CC)C=CCN6CC[C@]43[C@@H]65)C2)C1. The Labute approximate surface area is 345 Å². The first-order valence-electron chi connectivity index (χ1n) is 21.3. The predicted molar refractivity (Wildman–Crippen MR) is 220 cm³/mol. The predicted octanol–water partition coefficient (Wildman–Crippen LogP) is 4.34. The van der Waals surface area contributed by atoms with Crippen molar-refractivity contribution >= 4 is 34.5 Å². The van der Waals surface area contributed by atoms with Crippen molar-refractivity contribution in [1.29, 1.82) is 0 Å². The Morgan fingerprint density at radius 3 is 2.44 bits per heavy atom. The van der Waals surface area contributed by atoms with Crippen molar-refractivity contribution in [2.45, 2.75) is 107 Å². The van der Waals surface area contributed by atoms with Crippen molar-refractivity contribution in [3.63, 3.8) is 0 Å². The highest BCUT2D eigenvalue weighted by Crippen LogP contribution is 2.68. The highest BCUT2D eigenvalue weighted by Gasteiger charge is 2.79. The molecule has 3 fully saturated rings. The molecule has 1 aliphatic carbocycles. The maximum Gasteiger partial charge on any atom is 0.322 e. The fourth-order valence-corrected chi connectivity index (χ4v) is 13.4. The van der Waals surface area contributed by atoms with Gasteiger partial charge in [0.2, 0.25) is 0 Å². The van der Waals surface area contributed by atoms with Gasteiger partial charge in [-0.1, -0.05) is 44.2 Å². The maximum absolute atomic E-state index is 15.3. The molecule has 5 aliphatic heterocycles. The molecule has 2 bridgehead atoms. The number of hydrogen-bond donors (Lipinski definition) is 3. The van der Waals surface area contributed by atoms with Crippen LogP contribution in [-0.4, -0.2) is 126 Å². The zero-order valence-electron chi connectivity index (χ0n) is 35.3. The van der Waals surface area contributed by atoms with Crippen LogP contribution < -0.4 is 9.64 Å². The monoisotopic (exact) mass is 810 g/mol. The van der Waals surface area contributed by atoms with E-state index in [0.29, 0.717) is 82.6 Å². The number of aromatic nitrogens is 1. The van der Waals surface area contributed by atoms with E-state index in [1.54, 1.807) is 7.11 Å². The first kappa shape index (κ1) is 40.0. The lowest BCUT2D eigenvalue weighted by Gasteiger charge is -2.63. The number of likely N-dealkylation sites (N-methyl/N-ethyl adjacent to an activating group) is 1. The molecule has 1 saturated carbocycles. The number of carbonyl (C=O) groups excluding carboxylic acids is 3. The van der Waals surface area contributed by atoms with E-state index in [2.05, 4.69) is 39.1 Å². The van der Waals surface area contributed by atoms with Crippen LogP contribution in [0.25, 0.3) is 10.9 Å². The Balaban J connectivity index is 1.36. The number of aliphatic hydroxyl groups is 2. The summed E-state index contributed by atoms with van der Waals surface area (Å²) in [6.45, 7) is 9.94. The molecule has 59 heavy (non-hydrogen) atoms. The lowest BCUT2D eigenvalue weighted by Crippen LogP contribution is -2.80. The topological polar surface area (TPSA) is 154 Å². The van der Waals surface area contributed by atoms with Crippen LogP contribution >= 0.6 is 0 Å². The highest BCUT2D eigenvalue weighted by molar-refractivity contribution is 5.94. The number of rotatable bonds is 7. The summed E-state index contributed by atoms with van der Waals surface area (Å²) < 4.78 is 24.6. The average Bonchev–Trinajstić information content (AvgIpc) is 3.87. The van der Waals surface area contributed by atoms with Crippen LogP contribution in [0.5, 0.6) is 5.75 Å². The number of anilines is 1. The molecular formula is C46H58N4O9. The smallest absolute Gasteiger partial charge is 0.322 e. The number of methoxy groups -OCH3 is 2. The van der Waals surface area contributed by atoms with Gasteiger partial charge in [0.25, 0.3) is 5.79 Å². The van der Waals surface area contributed by atoms with Crippen LogP contribution in [0.2, 0.25) is 0 Å².